The number of carbonyl (C=O) groups is 2. The molecule has 134 valence electrons. The van der Waals surface area contributed by atoms with E-state index < -0.39 is 5.97 Å². The van der Waals surface area contributed by atoms with Gasteiger partial charge in [-0.1, -0.05) is 11.8 Å². The van der Waals surface area contributed by atoms with Crippen molar-refractivity contribution in [1.29, 1.82) is 0 Å². The first-order valence-electron chi connectivity index (χ1n) is 7.40. The molecule has 3 aromatic rings. The van der Waals surface area contributed by atoms with Crippen LogP contribution >= 0.6 is 23.1 Å². The van der Waals surface area contributed by atoms with Crippen LogP contribution in [0, 0.1) is 0 Å². The maximum Gasteiger partial charge on any atom is 0.337 e. The number of fused-ring (bicyclic) bond motifs is 1. The van der Waals surface area contributed by atoms with E-state index in [1.165, 1.54) is 41.1 Å². The number of nitrogens with one attached hydrogen (secondary N) is 1. The van der Waals surface area contributed by atoms with E-state index in [9.17, 15) is 14.4 Å². The summed E-state index contributed by atoms with van der Waals surface area (Å²) >= 11 is 2.69. The number of hydrogen-bond acceptors (Lipinski definition) is 8. The smallest absolute Gasteiger partial charge is 0.337 e. The van der Waals surface area contributed by atoms with Crippen molar-refractivity contribution in [1.82, 2.24) is 14.5 Å². The van der Waals surface area contributed by atoms with Gasteiger partial charge in [0.05, 0.1) is 12.7 Å². The van der Waals surface area contributed by atoms with E-state index >= 15 is 0 Å². The van der Waals surface area contributed by atoms with Crippen molar-refractivity contribution in [3.8, 4) is 0 Å². The van der Waals surface area contributed by atoms with Crippen LogP contribution in [0.25, 0.3) is 10.3 Å². The van der Waals surface area contributed by atoms with Crippen molar-refractivity contribution in [2.24, 2.45) is 0 Å². The molecule has 2 aromatic heterocycles. The summed E-state index contributed by atoms with van der Waals surface area (Å²) in [4.78, 5) is 44.4. The van der Waals surface area contributed by atoms with Gasteiger partial charge in [0, 0.05) is 5.69 Å². The van der Waals surface area contributed by atoms with Crippen LogP contribution in [-0.4, -0.2) is 39.8 Å². The number of anilines is 1. The summed E-state index contributed by atoms with van der Waals surface area (Å²) in [5, 5.41) is 2.67. The Morgan fingerprint density at radius 2 is 2.04 bits per heavy atom. The number of methoxy groups -OCH3 is 1. The lowest BCUT2D eigenvalue weighted by Gasteiger charge is -2.07. The van der Waals surface area contributed by atoms with Gasteiger partial charge in [0.15, 0.2) is 9.99 Å². The van der Waals surface area contributed by atoms with E-state index in [0.29, 0.717) is 21.6 Å². The molecule has 26 heavy (non-hydrogen) atoms. The van der Waals surface area contributed by atoms with Gasteiger partial charge in [-0.15, -0.1) is 11.3 Å². The molecular weight excluding hydrogens is 376 g/mol. The van der Waals surface area contributed by atoms with Crippen LogP contribution in [0.3, 0.4) is 0 Å². The highest BCUT2D eigenvalue weighted by Crippen LogP contribution is 2.24. The van der Waals surface area contributed by atoms with Crippen molar-refractivity contribution < 1.29 is 14.3 Å². The summed E-state index contributed by atoms with van der Waals surface area (Å²) in [5.41, 5.74) is 0.974. The van der Waals surface area contributed by atoms with E-state index in [-0.39, 0.29) is 18.0 Å². The number of hydrogen-bond donors (Lipinski definition) is 1. The molecule has 1 N–H and O–H groups in total. The molecule has 1 amide bonds. The average molecular weight is 390 g/mol. The first kappa shape index (κ1) is 18.1. The predicted molar refractivity (Wildman–Crippen MR) is 99.9 cm³/mol. The molecule has 3 rings (SSSR count). The Hall–Kier alpha value is -2.72. The van der Waals surface area contributed by atoms with Crippen LogP contribution in [-0.2, 0) is 16.1 Å². The topological polar surface area (TPSA) is 103 Å². The lowest BCUT2D eigenvalue weighted by molar-refractivity contribution is -0.116. The molecule has 0 saturated heterocycles. The Morgan fingerprint density at radius 1 is 1.31 bits per heavy atom. The largest absolute Gasteiger partial charge is 0.465 e. The fourth-order valence-corrected chi connectivity index (χ4v) is 3.65. The zero-order chi connectivity index (χ0) is 18.7. The summed E-state index contributed by atoms with van der Waals surface area (Å²) in [6, 6.07) is 6.26. The molecular formula is C16H14N4O4S2. The lowest BCUT2D eigenvalue weighted by atomic mass is 10.2. The number of aromatic nitrogens is 3. The number of carbonyl (C=O) groups excluding carboxylic acids is 2. The summed E-state index contributed by atoms with van der Waals surface area (Å²) in [5.74, 6) is -0.836. The van der Waals surface area contributed by atoms with Crippen LogP contribution in [0.4, 0.5) is 5.69 Å². The molecule has 0 aliphatic carbocycles. The van der Waals surface area contributed by atoms with Crippen LogP contribution in [0.1, 0.15) is 10.4 Å². The summed E-state index contributed by atoms with van der Waals surface area (Å²) in [7, 11) is 1.30. The van der Waals surface area contributed by atoms with Crippen molar-refractivity contribution in [3.63, 3.8) is 0 Å². The molecule has 0 bridgehead atoms. The fraction of sp³-hybridized carbons (Fsp3) is 0.188. The highest BCUT2D eigenvalue weighted by Gasteiger charge is 2.13. The number of rotatable bonds is 5. The Labute approximate surface area is 156 Å². The number of benzene rings is 1. The summed E-state index contributed by atoms with van der Waals surface area (Å²) in [6.45, 7) is -0.174. The van der Waals surface area contributed by atoms with Gasteiger partial charge in [0.1, 0.15) is 17.6 Å². The number of nitrogens with zero attached hydrogens (tertiary/aromatic N) is 3. The first-order chi connectivity index (χ1) is 12.5. The minimum absolute atomic E-state index is 0.174. The molecule has 2 heterocycles. The van der Waals surface area contributed by atoms with Crippen LogP contribution in [0.2, 0.25) is 0 Å². The SMILES string of the molecule is COC(=O)c1ccc(NC(=O)Cn2cnc3nc(SC)sc3c2=O)cc1. The van der Waals surface area contributed by atoms with E-state index in [1.807, 2.05) is 6.26 Å². The standard InChI is InChI=1S/C16H14N4O4S2/c1-24-15(23)9-3-5-10(6-4-9)18-11(21)7-20-8-17-13-12(14(20)22)26-16(19-13)25-2/h3-6,8H,7H2,1-2H3,(H,18,21). The van der Waals surface area contributed by atoms with Gasteiger partial charge in [0.25, 0.3) is 5.56 Å². The van der Waals surface area contributed by atoms with Crippen LogP contribution < -0.4 is 10.9 Å². The Bertz CT molecular complexity index is 1030. The second-order valence-corrected chi connectivity index (χ2v) is 7.18. The average Bonchev–Trinajstić information content (AvgIpc) is 3.08. The highest BCUT2D eigenvalue weighted by atomic mass is 32.2. The third-order valence-electron chi connectivity index (χ3n) is 3.44. The minimum atomic E-state index is -0.456. The normalized spacial score (nSPS) is 10.7. The Balaban J connectivity index is 1.73. The van der Waals surface area contributed by atoms with Crippen LogP contribution in [0.5, 0.6) is 0 Å². The van der Waals surface area contributed by atoms with E-state index in [4.69, 9.17) is 0 Å². The number of amides is 1. The number of thioether (sulfide) groups is 1. The van der Waals surface area contributed by atoms with E-state index in [1.54, 1.807) is 24.3 Å². The molecule has 0 fully saturated rings. The Kier molecular flexibility index (Phi) is 5.33. The second kappa shape index (κ2) is 7.67. The molecule has 0 atom stereocenters. The first-order valence-corrected chi connectivity index (χ1v) is 9.44. The lowest BCUT2D eigenvalue weighted by Crippen LogP contribution is -2.27. The van der Waals surface area contributed by atoms with Gasteiger partial charge < -0.3 is 10.1 Å². The van der Waals surface area contributed by atoms with Gasteiger partial charge in [-0.3, -0.25) is 14.2 Å². The van der Waals surface area contributed by atoms with E-state index in [0.717, 1.165) is 4.34 Å². The molecule has 0 radical (unpaired) electrons. The fourth-order valence-electron chi connectivity index (χ4n) is 2.19. The zero-order valence-corrected chi connectivity index (χ0v) is 15.5. The Morgan fingerprint density at radius 3 is 2.69 bits per heavy atom. The number of ether oxygens (including phenoxy) is 1. The molecule has 0 spiro atoms. The van der Waals surface area contributed by atoms with Crippen molar-refractivity contribution in [2.75, 3.05) is 18.7 Å². The third kappa shape index (κ3) is 3.75. The molecule has 0 aliphatic heterocycles. The summed E-state index contributed by atoms with van der Waals surface area (Å²) in [6.07, 6.45) is 3.18. The van der Waals surface area contributed by atoms with Gasteiger partial charge >= 0.3 is 5.97 Å². The second-order valence-electron chi connectivity index (χ2n) is 5.13. The molecule has 8 nitrogen and oxygen atoms in total. The molecule has 0 saturated carbocycles. The molecule has 0 aliphatic rings. The van der Waals surface area contributed by atoms with Gasteiger partial charge in [0.2, 0.25) is 5.91 Å². The third-order valence-corrected chi connectivity index (χ3v) is 5.46. The van der Waals surface area contributed by atoms with Crippen molar-refractivity contribution in [2.45, 2.75) is 10.9 Å². The summed E-state index contributed by atoms with van der Waals surface area (Å²) < 4.78 is 7.03. The molecule has 1 aromatic carbocycles. The molecule has 10 heteroatoms. The number of esters is 1. The number of thiazole rings is 1. The van der Waals surface area contributed by atoms with Crippen LogP contribution in [0.15, 0.2) is 39.7 Å². The predicted octanol–water partition coefficient (Wildman–Crippen LogP) is 2.00. The quantitative estimate of drug-likeness (QED) is 0.525. The maximum absolute atomic E-state index is 12.5. The van der Waals surface area contributed by atoms with Crippen molar-refractivity contribution >= 4 is 51.0 Å². The van der Waals surface area contributed by atoms with Gasteiger partial charge in [-0.2, -0.15) is 0 Å². The minimum Gasteiger partial charge on any atom is -0.465 e. The van der Waals surface area contributed by atoms with Gasteiger partial charge in [-0.05, 0) is 30.5 Å². The van der Waals surface area contributed by atoms with Crippen molar-refractivity contribution in [3.05, 3.63) is 46.5 Å². The van der Waals surface area contributed by atoms with Gasteiger partial charge in [-0.25, -0.2) is 14.8 Å². The highest BCUT2D eigenvalue weighted by molar-refractivity contribution is 8.00. The monoisotopic (exact) mass is 390 g/mol. The zero-order valence-electron chi connectivity index (χ0n) is 13.9. The van der Waals surface area contributed by atoms with E-state index in [2.05, 4.69) is 20.0 Å². The molecule has 0 unspecified atom stereocenters. The maximum atomic E-state index is 12.5.